The quantitative estimate of drug-likeness (QED) is 0.794. The molecule has 1 aromatic rings. The van der Waals surface area contributed by atoms with Crippen molar-refractivity contribution >= 4 is 33.7 Å². The van der Waals surface area contributed by atoms with E-state index in [0.29, 0.717) is 17.6 Å². The maximum Gasteiger partial charge on any atom is 0.323 e. The Morgan fingerprint density at radius 1 is 1.29 bits per heavy atom. The molecule has 0 bridgehead atoms. The summed E-state index contributed by atoms with van der Waals surface area (Å²) in [6.45, 7) is 1.60. The summed E-state index contributed by atoms with van der Waals surface area (Å²) in [5.41, 5.74) is 0. The van der Waals surface area contributed by atoms with E-state index in [9.17, 15) is 14.4 Å². The molecule has 0 saturated heterocycles. The van der Waals surface area contributed by atoms with E-state index in [0.717, 1.165) is 0 Å². The van der Waals surface area contributed by atoms with Gasteiger partial charge in [-0.2, -0.15) is 0 Å². The molecule has 0 aromatic carbocycles. The Balaban J connectivity index is 2.66. The lowest BCUT2D eigenvalue weighted by Gasteiger charge is -2.23. The van der Waals surface area contributed by atoms with E-state index in [-0.39, 0.29) is 18.8 Å². The highest BCUT2D eigenvalue weighted by molar-refractivity contribution is 9.10. The van der Waals surface area contributed by atoms with Crippen molar-refractivity contribution in [2.45, 2.75) is 13.3 Å². The van der Waals surface area contributed by atoms with E-state index >= 15 is 0 Å². The second-order valence-corrected chi connectivity index (χ2v) is 5.26. The maximum absolute atomic E-state index is 12.0. The normalized spacial score (nSPS) is 10.2. The lowest BCUT2D eigenvalue weighted by atomic mass is 10.3. The van der Waals surface area contributed by atoms with E-state index < -0.39 is 17.8 Å². The first kappa shape index (κ1) is 17.2. The first-order valence-electron chi connectivity index (χ1n) is 6.35. The third-order valence-electron chi connectivity index (χ3n) is 2.68. The third kappa shape index (κ3) is 5.22. The molecule has 0 fully saturated rings. The zero-order valence-corrected chi connectivity index (χ0v) is 13.4. The lowest BCUT2D eigenvalue weighted by molar-refractivity contribution is -0.144. The number of carboxylic acid groups (broad SMARTS) is 1. The number of carbonyl (C=O) groups excluding carboxylic acids is 2. The molecule has 1 aromatic heterocycles. The molecule has 0 saturated carbocycles. The van der Waals surface area contributed by atoms with Gasteiger partial charge in [-0.3, -0.25) is 14.4 Å². The van der Waals surface area contributed by atoms with Crippen molar-refractivity contribution in [3.05, 3.63) is 22.6 Å². The number of aliphatic carboxylic acids is 1. The Morgan fingerprint density at radius 3 is 2.43 bits per heavy atom. The number of carbonyl (C=O) groups is 3. The minimum absolute atomic E-state index is 0.109. The Morgan fingerprint density at radius 2 is 1.95 bits per heavy atom. The van der Waals surface area contributed by atoms with Crippen LogP contribution < -0.4 is 0 Å². The standard InChI is InChI=1S/C13H17BrN2O5/c1-3-6-16(8-12(18)19)11(17)7-15(2)13(20)9-4-5-10(14)21-9/h4-5H,3,6-8H2,1-2H3,(H,18,19). The molecular weight excluding hydrogens is 344 g/mol. The van der Waals surface area contributed by atoms with Crippen LogP contribution in [0.25, 0.3) is 0 Å². The summed E-state index contributed by atoms with van der Waals surface area (Å²) in [7, 11) is 1.46. The molecule has 0 aliphatic rings. The Hall–Kier alpha value is -1.83. The van der Waals surface area contributed by atoms with Gasteiger partial charge in [0.15, 0.2) is 10.4 Å². The van der Waals surface area contributed by atoms with Crippen LogP contribution in [0, 0.1) is 0 Å². The number of likely N-dealkylation sites (N-methyl/N-ethyl adjacent to an activating group) is 1. The van der Waals surface area contributed by atoms with Crippen LogP contribution in [0.15, 0.2) is 21.2 Å². The Labute approximate surface area is 130 Å². The first-order chi connectivity index (χ1) is 9.85. The molecule has 0 aliphatic heterocycles. The number of hydrogen-bond acceptors (Lipinski definition) is 4. The molecule has 0 atom stereocenters. The fourth-order valence-electron chi connectivity index (χ4n) is 1.72. The summed E-state index contributed by atoms with van der Waals surface area (Å²) >= 11 is 3.09. The molecule has 0 spiro atoms. The molecule has 116 valence electrons. The van der Waals surface area contributed by atoms with Gasteiger partial charge in [-0.25, -0.2) is 0 Å². The number of carboxylic acids is 1. The molecule has 21 heavy (non-hydrogen) atoms. The molecule has 1 N–H and O–H groups in total. The maximum atomic E-state index is 12.0. The second kappa shape index (κ2) is 7.82. The Kier molecular flexibility index (Phi) is 6.41. The number of rotatable bonds is 7. The van der Waals surface area contributed by atoms with Crippen molar-refractivity contribution in [2.24, 2.45) is 0 Å². The van der Waals surface area contributed by atoms with Gasteiger partial charge in [0.05, 0.1) is 6.54 Å². The fourth-order valence-corrected chi connectivity index (χ4v) is 2.02. The molecule has 1 rings (SSSR count). The van der Waals surface area contributed by atoms with Crippen molar-refractivity contribution in [1.29, 1.82) is 0 Å². The van der Waals surface area contributed by atoms with Gasteiger partial charge in [-0.15, -0.1) is 0 Å². The summed E-state index contributed by atoms with van der Waals surface area (Å²) in [5.74, 6) is -1.83. The lowest BCUT2D eigenvalue weighted by Crippen LogP contribution is -2.43. The number of halogens is 1. The highest BCUT2D eigenvalue weighted by Gasteiger charge is 2.22. The summed E-state index contributed by atoms with van der Waals surface area (Å²) in [6.07, 6.45) is 0.641. The van der Waals surface area contributed by atoms with Crippen LogP contribution in [0.4, 0.5) is 0 Å². The van der Waals surface area contributed by atoms with Crippen molar-refractivity contribution in [2.75, 3.05) is 26.7 Å². The average Bonchev–Trinajstić information content (AvgIpc) is 2.83. The van der Waals surface area contributed by atoms with Crippen LogP contribution in [0.3, 0.4) is 0 Å². The summed E-state index contributed by atoms with van der Waals surface area (Å²) in [6, 6.07) is 3.07. The van der Waals surface area contributed by atoms with Crippen molar-refractivity contribution < 1.29 is 23.9 Å². The second-order valence-electron chi connectivity index (χ2n) is 4.47. The monoisotopic (exact) mass is 360 g/mol. The van der Waals surface area contributed by atoms with Crippen LogP contribution in [0.1, 0.15) is 23.9 Å². The van der Waals surface area contributed by atoms with E-state index in [1.165, 1.54) is 22.9 Å². The van der Waals surface area contributed by atoms with Gasteiger partial charge in [0.1, 0.15) is 6.54 Å². The van der Waals surface area contributed by atoms with Crippen molar-refractivity contribution in [3.8, 4) is 0 Å². The van der Waals surface area contributed by atoms with E-state index in [4.69, 9.17) is 9.52 Å². The summed E-state index contributed by atoms with van der Waals surface area (Å²) in [4.78, 5) is 37.2. The number of hydrogen-bond donors (Lipinski definition) is 1. The average molecular weight is 361 g/mol. The molecule has 7 nitrogen and oxygen atoms in total. The van der Waals surface area contributed by atoms with Crippen LogP contribution in [-0.4, -0.2) is 59.4 Å². The zero-order valence-electron chi connectivity index (χ0n) is 11.8. The molecule has 1 heterocycles. The van der Waals surface area contributed by atoms with Gasteiger partial charge < -0.3 is 19.3 Å². The van der Waals surface area contributed by atoms with Crippen LogP contribution in [-0.2, 0) is 9.59 Å². The zero-order chi connectivity index (χ0) is 16.0. The number of nitrogens with zero attached hydrogens (tertiary/aromatic N) is 2. The highest BCUT2D eigenvalue weighted by atomic mass is 79.9. The predicted molar refractivity (Wildman–Crippen MR) is 77.9 cm³/mol. The van der Waals surface area contributed by atoms with E-state index in [1.807, 2.05) is 6.92 Å². The summed E-state index contributed by atoms with van der Waals surface area (Å²) in [5, 5.41) is 8.79. The minimum Gasteiger partial charge on any atom is -0.480 e. The third-order valence-corrected chi connectivity index (χ3v) is 3.10. The molecule has 0 radical (unpaired) electrons. The van der Waals surface area contributed by atoms with Gasteiger partial charge in [0, 0.05) is 13.6 Å². The van der Waals surface area contributed by atoms with Crippen molar-refractivity contribution in [1.82, 2.24) is 9.80 Å². The van der Waals surface area contributed by atoms with Gasteiger partial charge in [0.2, 0.25) is 5.91 Å². The molecular formula is C13H17BrN2O5. The highest BCUT2D eigenvalue weighted by Crippen LogP contribution is 2.15. The molecule has 0 unspecified atom stereocenters. The largest absolute Gasteiger partial charge is 0.480 e. The SMILES string of the molecule is CCCN(CC(=O)O)C(=O)CN(C)C(=O)c1ccc(Br)o1. The smallest absolute Gasteiger partial charge is 0.323 e. The Bertz CT molecular complexity index is 528. The molecule has 2 amide bonds. The number of amides is 2. The minimum atomic E-state index is -1.08. The van der Waals surface area contributed by atoms with Gasteiger partial charge in [0.25, 0.3) is 5.91 Å². The molecule has 0 aliphatic carbocycles. The molecule has 8 heteroatoms. The number of furan rings is 1. The van der Waals surface area contributed by atoms with Gasteiger partial charge in [-0.05, 0) is 34.5 Å². The van der Waals surface area contributed by atoms with E-state index in [1.54, 1.807) is 6.07 Å². The predicted octanol–water partition coefficient (Wildman–Crippen LogP) is 1.44. The van der Waals surface area contributed by atoms with Crippen LogP contribution >= 0.6 is 15.9 Å². The van der Waals surface area contributed by atoms with Crippen LogP contribution in [0.2, 0.25) is 0 Å². The van der Waals surface area contributed by atoms with Gasteiger partial charge >= 0.3 is 5.97 Å². The van der Waals surface area contributed by atoms with E-state index in [2.05, 4.69) is 15.9 Å². The van der Waals surface area contributed by atoms with Crippen LogP contribution in [0.5, 0.6) is 0 Å². The van der Waals surface area contributed by atoms with Crippen molar-refractivity contribution in [3.63, 3.8) is 0 Å². The summed E-state index contributed by atoms with van der Waals surface area (Å²) < 4.78 is 5.55. The van der Waals surface area contributed by atoms with Gasteiger partial charge in [-0.1, -0.05) is 6.92 Å². The first-order valence-corrected chi connectivity index (χ1v) is 7.14. The topological polar surface area (TPSA) is 91.1 Å². The fraction of sp³-hybridized carbons (Fsp3) is 0.462.